The van der Waals surface area contributed by atoms with Crippen LogP contribution in [0.25, 0.3) is 0 Å². The van der Waals surface area contributed by atoms with Crippen molar-refractivity contribution in [1.29, 1.82) is 0 Å². The molecule has 0 atom stereocenters. The van der Waals surface area contributed by atoms with Crippen LogP contribution >= 0.6 is 7.75 Å². The molecule has 0 amide bonds. The molecule has 2 N–H and O–H groups in total. The van der Waals surface area contributed by atoms with E-state index in [1.165, 1.54) is 0 Å². The number of hydrogen-bond donors (Lipinski definition) is 2. The van der Waals surface area contributed by atoms with E-state index in [4.69, 9.17) is 9.05 Å². The van der Waals surface area contributed by atoms with E-state index in [0.717, 1.165) is 26.2 Å². The van der Waals surface area contributed by atoms with Crippen LogP contribution in [0, 0.1) is 0 Å². The van der Waals surface area contributed by atoms with E-state index >= 15 is 0 Å². The molecule has 102 valence electrons. The Morgan fingerprint density at radius 3 is 1.88 bits per heavy atom. The van der Waals surface area contributed by atoms with Gasteiger partial charge in [-0.15, -0.1) is 0 Å². The summed E-state index contributed by atoms with van der Waals surface area (Å²) in [5.74, 6) is 0. The zero-order valence-electron chi connectivity index (χ0n) is 10.8. The van der Waals surface area contributed by atoms with Gasteiger partial charge in [-0.25, -0.2) is 9.24 Å². The van der Waals surface area contributed by atoms with Crippen LogP contribution in [0.4, 0.5) is 0 Å². The maximum absolute atomic E-state index is 12.6. The van der Waals surface area contributed by atoms with Crippen molar-refractivity contribution in [3.8, 4) is 0 Å². The molecule has 0 aromatic rings. The van der Waals surface area contributed by atoms with Gasteiger partial charge in [-0.1, -0.05) is 0 Å². The van der Waals surface area contributed by atoms with E-state index < -0.39 is 7.75 Å². The highest BCUT2D eigenvalue weighted by Gasteiger charge is 2.32. The summed E-state index contributed by atoms with van der Waals surface area (Å²) in [7, 11) is -3.11. The minimum atomic E-state index is -3.11. The lowest BCUT2D eigenvalue weighted by atomic mass is 10.5. The predicted molar refractivity (Wildman–Crippen MR) is 68.2 cm³/mol. The fraction of sp³-hybridized carbons (Fsp3) is 1.00. The van der Waals surface area contributed by atoms with Crippen LogP contribution < -0.4 is 10.6 Å². The molecule has 1 aliphatic rings. The second kappa shape index (κ2) is 8.19. The molecule has 0 unspecified atom stereocenters. The Balaban J connectivity index is 2.64. The van der Waals surface area contributed by atoms with Crippen molar-refractivity contribution >= 4 is 7.75 Å². The van der Waals surface area contributed by atoms with Gasteiger partial charge in [0.25, 0.3) is 0 Å². The lowest BCUT2D eigenvalue weighted by Gasteiger charge is -2.29. The Morgan fingerprint density at radius 2 is 1.47 bits per heavy atom. The lowest BCUT2D eigenvalue weighted by molar-refractivity contribution is 0.168. The van der Waals surface area contributed by atoms with Crippen molar-refractivity contribution in [2.24, 2.45) is 0 Å². The van der Waals surface area contributed by atoms with E-state index in [9.17, 15) is 4.57 Å². The predicted octanol–water partition coefficient (Wildman–Crippen LogP) is 0.662. The molecular formula is C10H24N3O3P. The molecule has 0 bridgehead atoms. The Bertz CT molecular complexity index is 233. The molecule has 1 rings (SSSR count). The van der Waals surface area contributed by atoms with E-state index in [0.29, 0.717) is 26.3 Å². The highest BCUT2D eigenvalue weighted by atomic mass is 31.2. The van der Waals surface area contributed by atoms with Gasteiger partial charge in [0.15, 0.2) is 0 Å². The van der Waals surface area contributed by atoms with Crippen LogP contribution in [-0.2, 0) is 13.6 Å². The minimum absolute atomic E-state index is 0.397. The lowest BCUT2D eigenvalue weighted by Crippen LogP contribution is -2.33. The van der Waals surface area contributed by atoms with E-state index in [1.54, 1.807) is 0 Å². The first kappa shape index (κ1) is 15.1. The largest absolute Gasteiger partial charge is 0.408 e. The van der Waals surface area contributed by atoms with E-state index in [2.05, 4.69) is 10.6 Å². The molecule has 1 saturated heterocycles. The normalized spacial score (nSPS) is 20.6. The molecule has 7 heteroatoms. The first-order valence-electron chi connectivity index (χ1n) is 6.29. The SMILES string of the molecule is CCOP(=O)(OCC)N1CCNCCNCC1. The second-order valence-electron chi connectivity index (χ2n) is 3.76. The van der Waals surface area contributed by atoms with E-state index in [1.807, 2.05) is 18.5 Å². The topological polar surface area (TPSA) is 62.8 Å². The Morgan fingerprint density at radius 1 is 1.00 bits per heavy atom. The second-order valence-corrected chi connectivity index (χ2v) is 5.78. The van der Waals surface area contributed by atoms with Crippen molar-refractivity contribution in [3.63, 3.8) is 0 Å². The van der Waals surface area contributed by atoms with Crippen LogP contribution in [0.2, 0.25) is 0 Å². The van der Waals surface area contributed by atoms with Crippen LogP contribution in [0.15, 0.2) is 0 Å². The molecular weight excluding hydrogens is 241 g/mol. The average molecular weight is 265 g/mol. The molecule has 0 aliphatic carbocycles. The number of nitrogens with zero attached hydrogens (tertiary/aromatic N) is 1. The van der Waals surface area contributed by atoms with Gasteiger partial charge in [0.05, 0.1) is 13.2 Å². The van der Waals surface area contributed by atoms with Crippen LogP contribution in [0.1, 0.15) is 13.8 Å². The molecule has 0 radical (unpaired) electrons. The molecule has 0 aromatic carbocycles. The Hall–Kier alpha value is 0.0300. The number of rotatable bonds is 5. The third-order valence-electron chi connectivity index (χ3n) is 2.50. The summed E-state index contributed by atoms with van der Waals surface area (Å²) in [6.07, 6.45) is 0. The van der Waals surface area contributed by atoms with Crippen molar-refractivity contribution < 1.29 is 13.6 Å². The summed E-state index contributed by atoms with van der Waals surface area (Å²) < 4.78 is 25.1. The summed E-state index contributed by atoms with van der Waals surface area (Å²) in [5.41, 5.74) is 0. The standard InChI is InChI=1S/C10H24N3O3P/c1-3-15-17(14,16-4-2)13-9-7-11-5-6-12-8-10-13/h11-12H,3-10H2,1-2H3. The summed E-state index contributed by atoms with van der Waals surface area (Å²) >= 11 is 0. The molecule has 6 nitrogen and oxygen atoms in total. The summed E-state index contributed by atoms with van der Waals surface area (Å²) in [4.78, 5) is 0. The number of nitrogens with one attached hydrogen (secondary N) is 2. The third kappa shape index (κ3) is 5.04. The number of hydrogen-bond acceptors (Lipinski definition) is 5. The van der Waals surface area contributed by atoms with Gasteiger partial charge in [0, 0.05) is 39.3 Å². The first-order valence-corrected chi connectivity index (χ1v) is 7.78. The highest BCUT2D eigenvalue weighted by Crippen LogP contribution is 2.51. The average Bonchev–Trinajstić information content (AvgIpc) is 2.43. The summed E-state index contributed by atoms with van der Waals surface area (Å²) in [6, 6.07) is 0. The molecule has 1 heterocycles. The molecule has 17 heavy (non-hydrogen) atoms. The van der Waals surface area contributed by atoms with Crippen molar-refractivity contribution in [2.45, 2.75) is 13.8 Å². The van der Waals surface area contributed by atoms with Gasteiger partial charge in [-0.3, -0.25) is 9.05 Å². The fourth-order valence-corrected chi connectivity index (χ4v) is 3.47. The molecule has 0 saturated carbocycles. The van der Waals surface area contributed by atoms with Gasteiger partial charge >= 0.3 is 7.75 Å². The van der Waals surface area contributed by atoms with Crippen molar-refractivity contribution in [3.05, 3.63) is 0 Å². The molecule has 1 aliphatic heterocycles. The monoisotopic (exact) mass is 265 g/mol. The van der Waals surface area contributed by atoms with Gasteiger partial charge in [-0.2, -0.15) is 0 Å². The third-order valence-corrected chi connectivity index (χ3v) is 4.76. The van der Waals surface area contributed by atoms with Crippen LogP contribution in [0.5, 0.6) is 0 Å². The fourth-order valence-electron chi connectivity index (χ4n) is 1.73. The summed E-state index contributed by atoms with van der Waals surface area (Å²) in [5, 5.41) is 6.55. The Kier molecular flexibility index (Phi) is 7.27. The smallest absolute Gasteiger partial charge is 0.314 e. The quantitative estimate of drug-likeness (QED) is 0.712. The minimum Gasteiger partial charge on any atom is -0.314 e. The van der Waals surface area contributed by atoms with Crippen molar-refractivity contribution in [1.82, 2.24) is 15.3 Å². The van der Waals surface area contributed by atoms with Gasteiger partial charge in [-0.05, 0) is 13.8 Å². The molecule has 0 aromatic heterocycles. The van der Waals surface area contributed by atoms with Gasteiger partial charge < -0.3 is 10.6 Å². The van der Waals surface area contributed by atoms with Crippen LogP contribution in [0.3, 0.4) is 0 Å². The zero-order valence-corrected chi connectivity index (χ0v) is 11.7. The summed E-state index contributed by atoms with van der Waals surface area (Å²) in [6.45, 7) is 9.28. The molecule has 1 fully saturated rings. The van der Waals surface area contributed by atoms with Crippen molar-refractivity contribution in [2.75, 3.05) is 52.5 Å². The maximum atomic E-state index is 12.6. The molecule has 0 spiro atoms. The van der Waals surface area contributed by atoms with Gasteiger partial charge in [0.2, 0.25) is 0 Å². The maximum Gasteiger partial charge on any atom is 0.408 e. The highest BCUT2D eigenvalue weighted by molar-refractivity contribution is 7.51. The van der Waals surface area contributed by atoms with Gasteiger partial charge in [0.1, 0.15) is 0 Å². The Labute approximate surface area is 104 Å². The van der Waals surface area contributed by atoms with E-state index in [-0.39, 0.29) is 0 Å². The zero-order chi connectivity index (χ0) is 12.6. The van der Waals surface area contributed by atoms with Crippen LogP contribution in [-0.4, -0.2) is 57.2 Å². The first-order chi connectivity index (χ1) is 8.23.